The minimum Gasteiger partial charge on any atom is -0.403 e. The Balaban J connectivity index is 1.09. The first-order valence-electron chi connectivity index (χ1n) is 10.2. The number of benzene rings is 1. The molecular formula is C20H16F3N9O. The third kappa shape index (κ3) is 3.45. The highest BCUT2D eigenvalue weighted by molar-refractivity contribution is 5.52. The number of hydrogen-bond acceptors (Lipinski definition) is 9. The monoisotopic (exact) mass is 455 g/mol. The zero-order valence-corrected chi connectivity index (χ0v) is 17.0. The van der Waals surface area contributed by atoms with E-state index in [1.54, 1.807) is 4.90 Å². The van der Waals surface area contributed by atoms with Crippen molar-refractivity contribution < 1.29 is 17.6 Å². The Morgan fingerprint density at radius 3 is 2.36 bits per heavy atom. The maximum Gasteiger partial charge on any atom is 0.318 e. The minimum atomic E-state index is -1.62. The summed E-state index contributed by atoms with van der Waals surface area (Å²) in [5, 5.41) is 21.0. The fourth-order valence-corrected chi connectivity index (χ4v) is 4.14. The quantitative estimate of drug-likeness (QED) is 0.466. The first kappa shape index (κ1) is 19.6. The van der Waals surface area contributed by atoms with Gasteiger partial charge in [-0.05, 0) is 36.1 Å². The number of anilines is 2. The number of hydrogen-bond donors (Lipinski definition) is 2. The molecule has 0 bridgehead atoms. The second-order valence-corrected chi connectivity index (χ2v) is 8.15. The van der Waals surface area contributed by atoms with Crippen LogP contribution in [-0.2, 0) is 18.5 Å². The van der Waals surface area contributed by atoms with Crippen molar-refractivity contribution >= 4 is 12.0 Å². The van der Waals surface area contributed by atoms with Crippen molar-refractivity contribution in [3.63, 3.8) is 0 Å². The summed E-state index contributed by atoms with van der Waals surface area (Å²) in [6.07, 6.45) is 5.50. The van der Waals surface area contributed by atoms with Crippen molar-refractivity contribution in [2.24, 2.45) is 0 Å². The third-order valence-electron chi connectivity index (χ3n) is 5.85. The Morgan fingerprint density at radius 1 is 1.03 bits per heavy atom. The molecule has 13 heteroatoms. The summed E-state index contributed by atoms with van der Waals surface area (Å²) in [6, 6.07) is 2.59. The van der Waals surface area contributed by atoms with Crippen molar-refractivity contribution in [1.82, 2.24) is 35.6 Å². The molecule has 10 nitrogen and oxygen atoms in total. The van der Waals surface area contributed by atoms with E-state index in [9.17, 15) is 13.2 Å². The number of alkyl halides is 1. The first-order valence-corrected chi connectivity index (χ1v) is 10.2. The Morgan fingerprint density at radius 2 is 1.73 bits per heavy atom. The average Bonchev–Trinajstić information content (AvgIpc) is 3.54. The summed E-state index contributed by atoms with van der Waals surface area (Å²) in [5.74, 6) is -1.12. The number of aromatic nitrogens is 7. The predicted octanol–water partition coefficient (Wildman–Crippen LogP) is 2.19. The van der Waals surface area contributed by atoms with Crippen LogP contribution >= 0.6 is 0 Å². The van der Waals surface area contributed by atoms with Crippen LogP contribution in [-0.4, -0.2) is 54.7 Å². The van der Waals surface area contributed by atoms with Crippen LogP contribution in [0.15, 0.2) is 35.1 Å². The molecule has 1 aromatic carbocycles. The Kier molecular flexibility index (Phi) is 4.32. The van der Waals surface area contributed by atoms with Gasteiger partial charge in [-0.15, -0.1) is 5.10 Å². The molecule has 1 fully saturated rings. The SMILES string of the molecule is Fc1cc2c(cc1F)CC(Nc1ncc(-c3nnc(N4CC(F)(c5cn[nH]n5)C4)o3)cn1)C2. The Hall–Kier alpha value is -4.03. The molecule has 6 rings (SSSR count). The number of aromatic amines is 1. The van der Waals surface area contributed by atoms with Gasteiger partial charge in [-0.1, -0.05) is 5.10 Å². The molecule has 4 heterocycles. The van der Waals surface area contributed by atoms with Gasteiger partial charge >= 0.3 is 6.01 Å². The Labute approximate surface area is 184 Å². The van der Waals surface area contributed by atoms with Crippen LogP contribution in [0.3, 0.4) is 0 Å². The molecule has 2 N–H and O–H groups in total. The number of halogens is 3. The van der Waals surface area contributed by atoms with E-state index in [0.717, 1.165) is 11.1 Å². The number of H-pyrrole nitrogens is 1. The van der Waals surface area contributed by atoms with Crippen molar-refractivity contribution in [1.29, 1.82) is 0 Å². The molecule has 1 aliphatic heterocycles. The van der Waals surface area contributed by atoms with E-state index in [2.05, 4.69) is 40.9 Å². The molecule has 4 aromatic rings. The molecule has 0 unspecified atom stereocenters. The molecule has 0 atom stereocenters. The largest absolute Gasteiger partial charge is 0.403 e. The number of fused-ring (bicyclic) bond motifs is 1. The molecule has 168 valence electrons. The van der Waals surface area contributed by atoms with E-state index in [-0.39, 0.29) is 36.7 Å². The highest BCUT2D eigenvalue weighted by atomic mass is 19.2. The lowest BCUT2D eigenvalue weighted by Gasteiger charge is -2.41. The molecule has 0 amide bonds. The van der Waals surface area contributed by atoms with Crippen LogP contribution < -0.4 is 10.2 Å². The van der Waals surface area contributed by atoms with Gasteiger partial charge in [0, 0.05) is 18.4 Å². The van der Waals surface area contributed by atoms with E-state index in [1.165, 1.54) is 30.7 Å². The number of rotatable bonds is 5. The molecule has 0 saturated carbocycles. The van der Waals surface area contributed by atoms with Crippen molar-refractivity contribution in [3.05, 3.63) is 59.2 Å². The van der Waals surface area contributed by atoms with Gasteiger partial charge in [-0.2, -0.15) is 15.4 Å². The van der Waals surface area contributed by atoms with Gasteiger partial charge in [0.15, 0.2) is 17.3 Å². The fourth-order valence-electron chi connectivity index (χ4n) is 4.14. The summed E-state index contributed by atoms with van der Waals surface area (Å²) < 4.78 is 47.3. The third-order valence-corrected chi connectivity index (χ3v) is 5.85. The highest BCUT2D eigenvalue weighted by Gasteiger charge is 2.49. The highest BCUT2D eigenvalue weighted by Crippen LogP contribution is 2.37. The lowest BCUT2D eigenvalue weighted by atomic mass is 9.94. The summed E-state index contributed by atoms with van der Waals surface area (Å²) in [7, 11) is 0. The van der Waals surface area contributed by atoms with Gasteiger partial charge in [-0.3, -0.25) is 0 Å². The normalized spacial score (nSPS) is 17.1. The maximum atomic E-state index is 14.8. The molecule has 0 radical (unpaired) electrons. The summed E-state index contributed by atoms with van der Waals surface area (Å²) in [6.45, 7) is 0.0518. The maximum absolute atomic E-state index is 14.8. The molecule has 1 aliphatic carbocycles. The zero-order valence-electron chi connectivity index (χ0n) is 17.0. The van der Waals surface area contributed by atoms with Gasteiger partial charge in [-0.25, -0.2) is 23.1 Å². The van der Waals surface area contributed by atoms with Gasteiger partial charge < -0.3 is 14.6 Å². The molecule has 0 spiro atoms. The average molecular weight is 455 g/mol. The number of nitrogens with one attached hydrogen (secondary N) is 2. The van der Waals surface area contributed by atoms with E-state index < -0.39 is 17.3 Å². The molecular weight excluding hydrogens is 439 g/mol. The topological polar surface area (TPSA) is 122 Å². The lowest BCUT2D eigenvalue weighted by Crippen LogP contribution is -2.57. The molecule has 1 saturated heterocycles. The first-order chi connectivity index (χ1) is 16.0. The number of nitrogens with zero attached hydrogens (tertiary/aromatic N) is 7. The van der Waals surface area contributed by atoms with Crippen molar-refractivity contribution in [3.8, 4) is 11.5 Å². The van der Waals surface area contributed by atoms with Crippen LogP contribution in [0.5, 0.6) is 0 Å². The second-order valence-electron chi connectivity index (χ2n) is 8.15. The predicted molar refractivity (Wildman–Crippen MR) is 108 cm³/mol. The van der Waals surface area contributed by atoms with Crippen molar-refractivity contribution in [2.45, 2.75) is 24.6 Å². The molecule has 33 heavy (non-hydrogen) atoms. The summed E-state index contributed by atoms with van der Waals surface area (Å²) >= 11 is 0. The van der Waals surface area contributed by atoms with Crippen LogP contribution in [0.25, 0.3) is 11.5 Å². The standard InChI is InChI=1S/C20H16F3N9O/c21-14-3-10-1-13(2-11(10)4-15(14)22)27-18-24-5-12(6-25-18)17-29-30-19(33-17)32-8-20(23,9-32)16-7-26-31-28-16/h3-7,13H,1-2,8-9H2,(H,24,25,27)(H,26,28,31). The van der Waals surface area contributed by atoms with Crippen LogP contribution in [0.2, 0.25) is 0 Å². The molecule has 2 aliphatic rings. The minimum absolute atomic E-state index is 0.0259. The fraction of sp³-hybridized carbons (Fsp3) is 0.300. The summed E-state index contributed by atoms with van der Waals surface area (Å²) in [5.41, 5.74) is 0.661. The van der Waals surface area contributed by atoms with Gasteiger partial charge in [0.25, 0.3) is 5.89 Å². The van der Waals surface area contributed by atoms with E-state index >= 15 is 0 Å². The van der Waals surface area contributed by atoms with Gasteiger partial charge in [0.2, 0.25) is 5.95 Å². The van der Waals surface area contributed by atoms with E-state index in [4.69, 9.17) is 4.42 Å². The zero-order chi connectivity index (χ0) is 22.6. The summed E-state index contributed by atoms with van der Waals surface area (Å²) in [4.78, 5) is 10.1. The van der Waals surface area contributed by atoms with E-state index in [1.807, 2.05) is 0 Å². The van der Waals surface area contributed by atoms with Gasteiger partial charge in [0.05, 0.1) is 24.8 Å². The van der Waals surface area contributed by atoms with E-state index in [0.29, 0.717) is 24.4 Å². The van der Waals surface area contributed by atoms with Crippen LogP contribution in [0.4, 0.5) is 25.1 Å². The smallest absolute Gasteiger partial charge is 0.318 e. The van der Waals surface area contributed by atoms with Gasteiger partial charge in [0.1, 0.15) is 5.69 Å². The van der Waals surface area contributed by atoms with Crippen LogP contribution in [0, 0.1) is 11.6 Å². The Bertz CT molecular complexity index is 1270. The lowest BCUT2D eigenvalue weighted by molar-refractivity contribution is 0.109. The van der Waals surface area contributed by atoms with Crippen molar-refractivity contribution in [2.75, 3.05) is 23.3 Å². The second kappa shape index (κ2) is 7.25. The van der Waals surface area contributed by atoms with Crippen LogP contribution in [0.1, 0.15) is 16.8 Å². The molecule has 3 aromatic heterocycles.